The van der Waals surface area contributed by atoms with Crippen LogP contribution >= 0.6 is 11.3 Å². The van der Waals surface area contributed by atoms with E-state index < -0.39 is 11.7 Å². The van der Waals surface area contributed by atoms with Gasteiger partial charge in [-0.1, -0.05) is 11.3 Å². The Balaban J connectivity index is 2.11. The van der Waals surface area contributed by atoms with Crippen molar-refractivity contribution in [3.63, 3.8) is 0 Å². The fourth-order valence-corrected chi connectivity index (χ4v) is 2.46. The Morgan fingerprint density at radius 1 is 1.40 bits per heavy atom. The first-order valence-electron chi connectivity index (χ1n) is 5.82. The molecule has 0 atom stereocenters. The standard InChI is InChI=1S/C12H12F3N3OS/c1-16-10(19)4-5-17-11-18-8-6-7(12(13,14)15)2-3-9(8)20-11/h2-3,6H,4-5H2,1H3,(H,16,19)(H,17,18). The Hall–Kier alpha value is -1.83. The third-order valence-corrected chi connectivity index (χ3v) is 3.62. The molecular weight excluding hydrogens is 291 g/mol. The molecule has 0 fully saturated rings. The molecule has 1 amide bonds. The van der Waals surface area contributed by atoms with Gasteiger partial charge in [-0.25, -0.2) is 4.98 Å². The molecule has 0 unspecified atom stereocenters. The van der Waals surface area contributed by atoms with Gasteiger partial charge in [0.25, 0.3) is 0 Å². The number of nitrogens with zero attached hydrogens (tertiary/aromatic N) is 1. The Kier molecular flexibility index (Phi) is 4.12. The van der Waals surface area contributed by atoms with Crippen molar-refractivity contribution in [3.8, 4) is 0 Å². The van der Waals surface area contributed by atoms with Crippen LogP contribution in [0, 0.1) is 0 Å². The third-order valence-electron chi connectivity index (χ3n) is 2.62. The summed E-state index contributed by atoms with van der Waals surface area (Å²) in [6.45, 7) is 0.381. The van der Waals surface area contributed by atoms with Crippen LogP contribution in [0.15, 0.2) is 18.2 Å². The van der Waals surface area contributed by atoms with E-state index in [9.17, 15) is 18.0 Å². The van der Waals surface area contributed by atoms with E-state index in [0.717, 1.165) is 12.1 Å². The van der Waals surface area contributed by atoms with Crippen LogP contribution in [0.2, 0.25) is 0 Å². The van der Waals surface area contributed by atoms with Gasteiger partial charge in [0.05, 0.1) is 15.8 Å². The van der Waals surface area contributed by atoms with Gasteiger partial charge in [0, 0.05) is 20.0 Å². The molecule has 2 rings (SSSR count). The molecule has 8 heteroatoms. The van der Waals surface area contributed by atoms with Crippen molar-refractivity contribution in [2.24, 2.45) is 0 Å². The Labute approximate surface area is 117 Å². The lowest BCUT2D eigenvalue weighted by atomic mass is 10.2. The van der Waals surface area contributed by atoms with E-state index in [4.69, 9.17) is 0 Å². The number of thiazole rings is 1. The molecule has 0 spiro atoms. The maximum atomic E-state index is 12.6. The summed E-state index contributed by atoms with van der Waals surface area (Å²) in [6.07, 6.45) is -4.09. The number of carbonyl (C=O) groups excluding carboxylic acids is 1. The summed E-state index contributed by atoms with van der Waals surface area (Å²) in [5, 5.41) is 5.91. The molecule has 1 aromatic carbocycles. The molecule has 0 bridgehead atoms. The summed E-state index contributed by atoms with van der Waals surface area (Å²) in [7, 11) is 1.54. The average molecular weight is 303 g/mol. The first kappa shape index (κ1) is 14.6. The molecule has 1 heterocycles. The van der Waals surface area contributed by atoms with Gasteiger partial charge in [0.1, 0.15) is 0 Å². The minimum absolute atomic E-state index is 0.113. The molecule has 0 aliphatic rings. The third kappa shape index (κ3) is 3.38. The minimum atomic E-state index is -4.37. The van der Waals surface area contributed by atoms with E-state index in [1.165, 1.54) is 17.4 Å². The molecule has 2 aromatic rings. The minimum Gasteiger partial charge on any atom is -0.361 e. The van der Waals surface area contributed by atoms with Crippen molar-refractivity contribution >= 4 is 32.6 Å². The van der Waals surface area contributed by atoms with Crippen molar-refractivity contribution in [2.45, 2.75) is 12.6 Å². The lowest BCUT2D eigenvalue weighted by Gasteiger charge is -2.04. The van der Waals surface area contributed by atoms with Gasteiger partial charge >= 0.3 is 6.18 Å². The Morgan fingerprint density at radius 3 is 2.80 bits per heavy atom. The molecule has 1 aromatic heterocycles. The van der Waals surface area contributed by atoms with Gasteiger partial charge in [0.2, 0.25) is 5.91 Å². The molecule has 0 saturated carbocycles. The van der Waals surface area contributed by atoms with Crippen LogP contribution in [-0.4, -0.2) is 24.5 Å². The quantitative estimate of drug-likeness (QED) is 0.913. The van der Waals surface area contributed by atoms with Gasteiger partial charge in [0.15, 0.2) is 5.13 Å². The highest BCUT2D eigenvalue weighted by molar-refractivity contribution is 7.22. The molecule has 0 aliphatic heterocycles. The number of alkyl halides is 3. The second-order valence-corrected chi connectivity index (χ2v) is 5.08. The number of aromatic nitrogens is 1. The molecular formula is C12H12F3N3OS. The highest BCUT2D eigenvalue weighted by atomic mass is 32.1. The van der Waals surface area contributed by atoms with Gasteiger partial charge in [-0.15, -0.1) is 0 Å². The molecule has 0 radical (unpaired) electrons. The van der Waals surface area contributed by atoms with Gasteiger partial charge in [-0.3, -0.25) is 4.79 Å². The fraction of sp³-hybridized carbons (Fsp3) is 0.333. The number of hydrogen-bond acceptors (Lipinski definition) is 4. The van der Waals surface area contributed by atoms with Crippen LogP contribution < -0.4 is 10.6 Å². The molecule has 2 N–H and O–H groups in total. The van der Waals surface area contributed by atoms with Gasteiger partial charge < -0.3 is 10.6 Å². The number of anilines is 1. The van der Waals surface area contributed by atoms with Crippen molar-refractivity contribution in [1.29, 1.82) is 0 Å². The van der Waals surface area contributed by atoms with Crippen LogP contribution in [0.5, 0.6) is 0 Å². The largest absolute Gasteiger partial charge is 0.416 e. The van der Waals surface area contributed by atoms with Gasteiger partial charge in [-0.2, -0.15) is 13.2 Å². The Morgan fingerprint density at radius 2 is 2.15 bits per heavy atom. The smallest absolute Gasteiger partial charge is 0.361 e. The summed E-state index contributed by atoms with van der Waals surface area (Å²) < 4.78 is 38.4. The van der Waals surface area contributed by atoms with Crippen LogP contribution in [0.4, 0.5) is 18.3 Å². The number of carbonyl (C=O) groups is 1. The fourth-order valence-electron chi connectivity index (χ4n) is 1.59. The SMILES string of the molecule is CNC(=O)CCNc1nc2cc(C(F)(F)F)ccc2s1. The monoisotopic (exact) mass is 303 g/mol. The van der Waals surface area contributed by atoms with Crippen molar-refractivity contribution < 1.29 is 18.0 Å². The van der Waals surface area contributed by atoms with E-state index in [2.05, 4.69) is 15.6 Å². The summed E-state index contributed by atoms with van der Waals surface area (Å²) in [4.78, 5) is 15.1. The maximum Gasteiger partial charge on any atom is 0.416 e. The predicted molar refractivity (Wildman–Crippen MR) is 71.8 cm³/mol. The maximum absolute atomic E-state index is 12.6. The van der Waals surface area contributed by atoms with E-state index >= 15 is 0 Å². The molecule has 108 valence electrons. The van der Waals surface area contributed by atoms with Crippen LogP contribution in [0.1, 0.15) is 12.0 Å². The van der Waals surface area contributed by atoms with Crippen LogP contribution in [-0.2, 0) is 11.0 Å². The highest BCUT2D eigenvalue weighted by Gasteiger charge is 2.30. The van der Waals surface area contributed by atoms with Crippen molar-refractivity contribution in [3.05, 3.63) is 23.8 Å². The van der Waals surface area contributed by atoms with E-state index in [-0.39, 0.29) is 12.3 Å². The number of hydrogen-bond donors (Lipinski definition) is 2. The van der Waals surface area contributed by atoms with E-state index in [1.807, 2.05) is 0 Å². The van der Waals surface area contributed by atoms with E-state index in [1.54, 1.807) is 7.05 Å². The molecule has 20 heavy (non-hydrogen) atoms. The number of fused-ring (bicyclic) bond motifs is 1. The van der Waals surface area contributed by atoms with Crippen LogP contribution in [0.25, 0.3) is 10.2 Å². The number of rotatable bonds is 4. The van der Waals surface area contributed by atoms with Crippen molar-refractivity contribution in [2.75, 3.05) is 18.9 Å². The summed E-state index contributed by atoms with van der Waals surface area (Å²) in [5.74, 6) is -0.113. The Bertz CT molecular complexity index is 624. The summed E-state index contributed by atoms with van der Waals surface area (Å²) in [5.41, 5.74) is -0.417. The zero-order valence-corrected chi connectivity index (χ0v) is 11.4. The highest BCUT2D eigenvalue weighted by Crippen LogP contribution is 2.33. The zero-order chi connectivity index (χ0) is 14.8. The summed E-state index contributed by atoms with van der Waals surface area (Å²) >= 11 is 1.25. The zero-order valence-electron chi connectivity index (χ0n) is 10.5. The number of halogens is 3. The molecule has 0 saturated heterocycles. The topological polar surface area (TPSA) is 54.0 Å². The average Bonchev–Trinajstić information content (AvgIpc) is 2.78. The number of benzene rings is 1. The second-order valence-electron chi connectivity index (χ2n) is 4.05. The first-order chi connectivity index (χ1) is 9.40. The second kappa shape index (κ2) is 5.66. The van der Waals surface area contributed by atoms with Crippen molar-refractivity contribution in [1.82, 2.24) is 10.3 Å². The normalized spacial score (nSPS) is 11.6. The van der Waals surface area contributed by atoms with Crippen LogP contribution in [0.3, 0.4) is 0 Å². The summed E-state index contributed by atoms with van der Waals surface area (Å²) in [6, 6.07) is 3.46. The van der Waals surface area contributed by atoms with E-state index in [0.29, 0.717) is 21.9 Å². The predicted octanol–water partition coefficient (Wildman–Crippen LogP) is 2.86. The number of amides is 1. The molecule has 0 aliphatic carbocycles. The molecule has 4 nitrogen and oxygen atoms in total. The first-order valence-corrected chi connectivity index (χ1v) is 6.64. The number of nitrogens with one attached hydrogen (secondary N) is 2. The van der Waals surface area contributed by atoms with Gasteiger partial charge in [-0.05, 0) is 18.2 Å². The lowest BCUT2D eigenvalue weighted by molar-refractivity contribution is -0.137. The lowest BCUT2D eigenvalue weighted by Crippen LogP contribution is -2.20.